The average molecular weight is 278 g/mol. The molecule has 1 aliphatic carbocycles. The number of aryl methyl sites for hydroxylation is 2. The minimum atomic E-state index is 0.0492. The molecule has 1 N–H and O–H groups in total. The van der Waals surface area contributed by atoms with Gasteiger partial charge < -0.3 is 5.32 Å². The van der Waals surface area contributed by atoms with Gasteiger partial charge in [-0.25, -0.2) is 0 Å². The van der Waals surface area contributed by atoms with Crippen LogP contribution in [0.5, 0.6) is 0 Å². The largest absolute Gasteiger partial charge is 0.310 e. The number of nitrogens with one attached hydrogen (secondary N) is 1. The number of rotatable bonds is 5. The highest BCUT2D eigenvalue weighted by Gasteiger charge is 2.22. The molecule has 1 amide bonds. The molecule has 5 nitrogen and oxygen atoms in total. The summed E-state index contributed by atoms with van der Waals surface area (Å²) >= 11 is 0. The van der Waals surface area contributed by atoms with Gasteiger partial charge in [-0.05, 0) is 33.2 Å². The Balaban J connectivity index is 1.95. The van der Waals surface area contributed by atoms with Crippen molar-refractivity contribution in [3.05, 3.63) is 11.3 Å². The Labute approximate surface area is 121 Å². The molecular weight excluding hydrogens is 252 g/mol. The highest BCUT2D eigenvalue weighted by molar-refractivity contribution is 5.92. The first kappa shape index (κ1) is 15.0. The molecule has 5 heteroatoms. The Morgan fingerprint density at radius 3 is 2.65 bits per heavy atom. The predicted octanol–water partition coefficient (Wildman–Crippen LogP) is 2.10. The van der Waals surface area contributed by atoms with Crippen molar-refractivity contribution < 1.29 is 4.79 Å². The fraction of sp³-hybridized carbons (Fsp3) is 0.733. The van der Waals surface area contributed by atoms with Crippen LogP contribution in [0.25, 0.3) is 0 Å². The Hall–Kier alpha value is -1.36. The fourth-order valence-electron chi connectivity index (χ4n) is 3.07. The Morgan fingerprint density at radius 2 is 2.10 bits per heavy atom. The second-order valence-corrected chi connectivity index (χ2v) is 5.80. The van der Waals surface area contributed by atoms with Gasteiger partial charge in [0.25, 0.3) is 0 Å². The summed E-state index contributed by atoms with van der Waals surface area (Å²) in [7, 11) is 3.92. The van der Waals surface area contributed by atoms with E-state index in [1.807, 2.05) is 21.0 Å². The molecule has 1 aromatic rings. The zero-order valence-electron chi connectivity index (χ0n) is 13.1. The van der Waals surface area contributed by atoms with Gasteiger partial charge in [0.05, 0.1) is 12.2 Å². The topological polar surface area (TPSA) is 50.2 Å². The first-order valence-corrected chi connectivity index (χ1v) is 7.55. The molecule has 0 saturated heterocycles. The van der Waals surface area contributed by atoms with E-state index in [0.717, 1.165) is 23.5 Å². The van der Waals surface area contributed by atoms with Gasteiger partial charge in [-0.2, -0.15) is 5.10 Å². The van der Waals surface area contributed by atoms with Crippen LogP contribution in [0.3, 0.4) is 0 Å². The van der Waals surface area contributed by atoms with Crippen LogP contribution in [-0.4, -0.2) is 40.2 Å². The van der Waals surface area contributed by atoms with Crippen molar-refractivity contribution in [3.8, 4) is 0 Å². The number of nitrogens with zero attached hydrogens (tertiary/aromatic N) is 3. The summed E-state index contributed by atoms with van der Waals surface area (Å²) in [6.45, 7) is 4.55. The normalized spacial score (nSPS) is 16.1. The summed E-state index contributed by atoms with van der Waals surface area (Å²) in [6.07, 6.45) is 5.90. The van der Waals surface area contributed by atoms with Crippen LogP contribution in [0.4, 0.5) is 5.82 Å². The minimum Gasteiger partial charge on any atom is -0.310 e. The molecule has 2 rings (SSSR count). The summed E-state index contributed by atoms with van der Waals surface area (Å²) in [4.78, 5) is 14.4. The number of carbonyl (C=O) groups excluding carboxylic acids is 1. The molecule has 0 spiro atoms. The first-order valence-electron chi connectivity index (χ1n) is 7.55. The summed E-state index contributed by atoms with van der Waals surface area (Å²) in [6, 6.07) is 0.569. The Bertz CT molecular complexity index is 474. The molecule has 1 aliphatic rings. The second-order valence-electron chi connectivity index (χ2n) is 5.80. The van der Waals surface area contributed by atoms with Crippen molar-refractivity contribution in [1.82, 2.24) is 14.7 Å². The highest BCUT2D eigenvalue weighted by atomic mass is 16.2. The van der Waals surface area contributed by atoms with Crippen molar-refractivity contribution >= 4 is 11.7 Å². The molecule has 0 radical (unpaired) electrons. The zero-order chi connectivity index (χ0) is 14.7. The van der Waals surface area contributed by atoms with E-state index >= 15 is 0 Å². The van der Waals surface area contributed by atoms with Gasteiger partial charge in [0.15, 0.2) is 0 Å². The molecular formula is C15H26N4O. The van der Waals surface area contributed by atoms with Gasteiger partial charge in [-0.1, -0.05) is 19.8 Å². The highest BCUT2D eigenvalue weighted by Crippen LogP contribution is 2.22. The first-order chi connectivity index (χ1) is 9.52. The minimum absolute atomic E-state index is 0.0492. The maximum absolute atomic E-state index is 12.2. The van der Waals surface area contributed by atoms with Crippen molar-refractivity contribution in [1.29, 1.82) is 0 Å². The van der Waals surface area contributed by atoms with Crippen LogP contribution in [0.1, 0.15) is 43.9 Å². The molecule has 112 valence electrons. The Morgan fingerprint density at radius 1 is 1.45 bits per heavy atom. The van der Waals surface area contributed by atoms with E-state index in [2.05, 4.69) is 22.2 Å². The van der Waals surface area contributed by atoms with Crippen LogP contribution in [0.15, 0.2) is 0 Å². The van der Waals surface area contributed by atoms with Gasteiger partial charge in [0, 0.05) is 18.7 Å². The van der Waals surface area contributed by atoms with Crippen LogP contribution < -0.4 is 5.32 Å². The van der Waals surface area contributed by atoms with Gasteiger partial charge in [0.1, 0.15) is 5.82 Å². The molecule has 1 saturated carbocycles. The van der Waals surface area contributed by atoms with Crippen molar-refractivity contribution in [2.75, 3.05) is 18.9 Å². The fourth-order valence-corrected chi connectivity index (χ4v) is 3.07. The third kappa shape index (κ3) is 3.20. The van der Waals surface area contributed by atoms with Gasteiger partial charge in [-0.3, -0.25) is 14.4 Å². The maximum Gasteiger partial charge on any atom is 0.239 e. The summed E-state index contributed by atoms with van der Waals surface area (Å²) in [5.74, 6) is 0.875. The number of anilines is 1. The standard InChI is InChI=1S/C15H26N4O/c1-5-13-11(2)15(19(4)17-13)16-14(20)10-18(3)12-8-6-7-9-12/h12H,5-10H2,1-4H3,(H,16,20). The van der Waals surface area contributed by atoms with Crippen molar-refractivity contribution in [2.24, 2.45) is 7.05 Å². The molecule has 0 aromatic carbocycles. The van der Waals surface area contributed by atoms with E-state index in [0.29, 0.717) is 12.6 Å². The molecule has 1 heterocycles. The zero-order valence-corrected chi connectivity index (χ0v) is 13.1. The van der Waals surface area contributed by atoms with Crippen LogP contribution in [0.2, 0.25) is 0 Å². The predicted molar refractivity (Wildman–Crippen MR) is 80.8 cm³/mol. The SMILES string of the molecule is CCc1nn(C)c(NC(=O)CN(C)C2CCCC2)c1C. The lowest BCUT2D eigenvalue weighted by molar-refractivity contribution is -0.117. The van der Waals surface area contributed by atoms with Gasteiger partial charge in [-0.15, -0.1) is 0 Å². The molecule has 0 unspecified atom stereocenters. The lowest BCUT2D eigenvalue weighted by Gasteiger charge is -2.23. The number of hydrogen-bond acceptors (Lipinski definition) is 3. The van der Waals surface area contributed by atoms with E-state index in [1.54, 1.807) is 4.68 Å². The van der Waals surface area contributed by atoms with Gasteiger partial charge >= 0.3 is 0 Å². The number of amides is 1. The summed E-state index contributed by atoms with van der Waals surface area (Å²) < 4.78 is 1.77. The van der Waals surface area contributed by atoms with E-state index in [4.69, 9.17) is 0 Å². The smallest absolute Gasteiger partial charge is 0.239 e. The van der Waals surface area contributed by atoms with Crippen LogP contribution >= 0.6 is 0 Å². The second kappa shape index (κ2) is 6.39. The monoisotopic (exact) mass is 278 g/mol. The van der Waals surface area contributed by atoms with E-state index in [1.165, 1.54) is 25.7 Å². The third-order valence-electron chi connectivity index (χ3n) is 4.32. The molecule has 0 atom stereocenters. The van der Waals surface area contributed by atoms with E-state index < -0.39 is 0 Å². The van der Waals surface area contributed by atoms with E-state index in [-0.39, 0.29) is 5.91 Å². The average Bonchev–Trinajstić information content (AvgIpc) is 3.02. The Kier molecular flexibility index (Phi) is 4.81. The third-order valence-corrected chi connectivity index (χ3v) is 4.32. The maximum atomic E-state index is 12.2. The lowest BCUT2D eigenvalue weighted by atomic mass is 10.2. The summed E-state index contributed by atoms with van der Waals surface area (Å²) in [5.41, 5.74) is 2.12. The molecule has 1 fully saturated rings. The molecule has 1 aromatic heterocycles. The molecule has 0 bridgehead atoms. The van der Waals surface area contributed by atoms with Crippen LogP contribution in [0, 0.1) is 6.92 Å². The lowest BCUT2D eigenvalue weighted by Crippen LogP contribution is -2.36. The van der Waals surface area contributed by atoms with Crippen LogP contribution in [-0.2, 0) is 18.3 Å². The van der Waals surface area contributed by atoms with Gasteiger partial charge in [0.2, 0.25) is 5.91 Å². The summed E-state index contributed by atoms with van der Waals surface area (Å²) in [5, 5.41) is 7.43. The quantitative estimate of drug-likeness (QED) is 0.897. The number of carbonyl (C=O) groups is 1. The number of hydrogen-bond donors (Lipinski definition) is 1. The molecule has 20 heavy (non-hydrogen) atoms. The van der Waals surface area contributed by atoms with Crippen molar-refractivity contribution in [3.63, 3.8) is 0 Å². The number of aromatic nitrogens is 2. The molecule has 0 aliphatic heterocycles. The number of likely N-dealkylation sites (N-methyl/N-ethyl adjacent to an activating group) is 1. The van der Waals surface area contributed by atoms with E-state index in [9.17, 15) is 4.79 Å². The van der Waals surface area contributed by atoms with Crippen molar-refractivity contribution in [2.45, 2.75) is 52.0 Å².